The highest BCUT2D eigenvalue weighted by molar-refractivity contribution is 5.10. The predicted octanol–water partition coefficient (Wildman–Crippen LogP) is 4.35. The monoisotopic (exact) mass is 206 g/mol. The van der Waals surface area contributed by atoms with Gasteiger partial charge in [0.25, 0.3) is 0 Å². The van der Waals surface area contributed by atoms with Gasteiger partial charge in [-0.3, -0.25) is 0 Å². The predicted molar refractivity (Wildman–Crippen MR) is 64.5 cm³/mol. The molecule has 0 nitrogen and oxygen atoms in total. The van der Waals surface area contributed by atoms with Crippen LogP contribution < -0.4 is 0 Å². The van der Waals surface area contributed by atoms with Gasteiger partial charge in [0.05, 0.1) is 0 Å². The van der Waals surface area contributed by atoms with Crippen LogP contribution in [0, 0.1) is 41.4 Å². The molecule has 86 valence electrons. The van der Waals surface area contributed by atoms with Crippen LogP contribution in [0.3, 0.4) is 0 Å². The summed E-state index contributed by atoms with van der Waals surface area (Å²) in [6.45, 7) is 7.03. The Kier molecular flexibility index (Phi) is 2.37. The minimum absolute atomic E-state index is 1.01. The Morgan fingerprint density at radius 2 is 1.40 bits per heavy atom. The molecule has 0 radical (unpaired) electrons. The molecule has 4 fully saturated rings. The van der Waals surface area contributed by atoms with E-state index in [1.807, 2.05) is 0 Å². The molecule has 0 aromatic rings. The molecule has 0 N–H and O–H groups in total. The third kappa shape index (κ3) is 1.40. The van der Waals surface area contributed by atoms with Crippen LogP contribution in [0.5, 0.6) is 0 Å². The fourth-order valence-electron chi connectivity index (χ4n) is 4.68. The van der Waals surface area contributed by atoms with Crippen molar-refractivity contribution in [3.8, 4) is 0 Å². The third-order valence-corrected chi connectivity index (χ3v) is 6.29. The van der Waals surface area contributed by atoms with Gasteiger partial charge in [-0.05, 0) is 67.1 Å². The van der Waals surface area contributed by atoms with E-state index >= 15 is 0 Å². The maximum Gasteiger partial charge on any atom is -0.0328 e. The first-order valence-electron chi connectivity index (χ1n) is 7.20. The molecular formula is C15H26. The zero-order chi connectivity index (χ0) is 10.6. The van der Waals surface area contributed by atoms with Crippen LogP contribution in [0.4, 0.5) is 0 Å². The Bertz CT molecular complexity index is 215. The topological polar surface area (TPSA) is 0 Å². The van der Waals surface area contributed by atoms with Gasteiger partial charge in [0.1, 0.15) is 0 Å². The Balaban J connectivity index is 0.0000000964. The summed E-state index contributed by atoms with van der Waals surface area (Å²) in [6, 6.07) is 0. The molecule has 0 spiro atoms. The summed E-state index contributed by atoms with van der Waals surface area (Å²) in [4.78, 5) is 0. The minimum Gasteiger partial charge on any atom is -0.0651 e. The molecule has 0 amide bonds. The molecule has 15 heavy (non-hydrogen) atoms. The first-order chi connectivity index (χ1) is 7.20. The lowest BCUT2D eigenvalue weighted by Crippen LogP contribution is -2.60. The van der Waals surface area contributed by atoms with Crippen molar-refractivity contribution in [1.29, 1.82) is 0 Å². The van der Waals surface area contributed by atoms with Crippen molar-refractivity contribution in [2.45, 2.75) is 52.9 Å². The molecule has 0 bridgehead atoms. The zero-order valence-corrected chi connectivity index (χ0v) is 10.6. The molecule has 3 unspecified atom stereocenters. The van der Waals surface area contributed by atoms with Crippen LogP contribution in [0.15, 0.2) is 0 Å². The standard InChI is InChI=1S/C8H16.C7H10/c1-4-8-5-6(2)7(8)3;1-4-2-6-3-5(1)7(4)6/h6-8H,4-5H2,1-3H3;4-7H,1-3H2. The van der Waals surface area contributed by atoms with Gasteiger partial charge in [0.15, 0.2) is 0 Å². The lowest BCUT2D eigenvalue weighted by Gasteiger charge is -2.68. The molecule has 0 aromatic carbocycles. The molecule has 0 aromatic heterocycles. The van der Waals surface area contributed by atoms with Gasteiger partial charge < -0.3 is 0 Å². The minimum atomic E-state index is 1.01. The smallest absolute Gasteiger partial charge is 0.0328 e. The van der Waals surface area contributed by atoms with Gasteiger partial charge in [-0.25, -0.2) is 0 Å². The molecule has 4 aliphatic rings. The Morgan fingerprint density at radius 1 is 0.867 bits per heavy atom. The summed E-state index contributed by atoms with van der Waals surface area (Å²) in [5.41, 5.74) is 0. The van der Waals surface area contributed by atoms with Crippen LogP contribution in [-0.2, 0) is 0 Å². The summed E-state index contributed by atoms with van der Waals surface area (Å²) in [6.07, 6.45) is 7.71. The molecule has 0 heterocycles. The van der Waals surface area contributed by atoms with Gasteiger partial charge in [0.2, 0.25) is 0 Å². The number of rotatable bonds is 1. The quantitative estimate of drug-likeness (QED) is 0.598. The zero-order valence-electron chi connectivity index (χ0n) is 10.6. The van der Waals surface area contributed by atoms with Crippen LogP contribution in [0.25, 0.3) is 0 Å². The summed E-state index contributed by atoms with van der Waals surface area (Å²) in [5.74, 6) is 8.08. The van der Waals surface area contributed by atoms with Crippen molar-refractivity contribution in [3.63, 3.8) is 0 Å². The van der Waals surface area contributed by atoms with E-state index in [0.29, 0.717) is 0 Å². The Hall–Kier alpha value is 0. The first kappa shape index (κ1) is 10.2. The van der Waals surface area contributed by atoms with E-state index in [-0.39, 0.29) is 0 Å². The third-order valence-electron chi connectivity index (χ3n) is 6.29. The van der Waals surface area contributed by atoms with Gasteiger partial charge >= 0.3 is 0 Å². The highest BCUT2D eigenvalue weighted by Gasteiger charge is 2.61. The second kappa shape index (κ2) is 3.50. The van der Waals surface area contributed by atoms with Crippen molar-refractivity contribution in [2.24, 2.45) is 41.4 Å². The van der Waals surface area contributed by atoms with E-state index in [9.17, 15) is 0 Å². The van der Waals surface area contributed by atoms with Crippen molar-refractivity contribution in [3.05, 3.63) is 0 Å². The fourth-order valence-corrected chi connectivity index (χ4v) is 4.68. The largest absolute Gasteiger partial charge is 0.0651 e. The van der Waals surface area contributed by atoms with Gasteiger partial charge in [0, 0.05) is 0 Å². The summed E-state index contributed by atoms with van der Waals surface area (Å²) < 4.78 is 0. The molecule has 4 saturated carbocycles. The van der Waals surface area contributed by atoms with Crippen molar-refractivity contribution in [1.82, 2.24) is 0 Å². The molecule has 4 rings (SSSR count). The highest BCUT2D eigenvalue weighted by atomic mass is 14.7. The summed E-state index contributed by atoms with van der Waals surface area (Å²) in [7, 11) is 0. The normalized spacial score (nSPS) is 58.2. The van der Waals surface area contributed by atoms with Gasteiger partial charge in [-0.15, -0.1) is 0 Å². The van der Waals surface area contributed by atoms with Crippen molar-refractivity contribution >= 4 is 0 Å². The molecule has 4 aliphatic carbocycles. The fraction of sp³-hybridized carbons (Fsp3) is 1.00. The van der Waals surface area contributed by atoms with Gasteiger partial charge in [-0.2, -0.15) is 0 Å². The maximum atomic E-state index is 2.38. The summed E-state index contributed by atoms with van der Waals surface area (Å²) in [5, 5.41) is 0. The van der Waals surface area contributed by atoms with E-state index in [4.69, 9.17) is 0 Å². The first-order valence-corrected chi connectivity index (χ1v) is 7.20. The molecular weight excluding hydrogens is 180 g/mol. The highest BCUT2D eigenvalue weighted by Crippen LogP contribution is 2.69. The van der Waals surface area contributed by atoms with E-state index < -0.39 is 0 Å². The Morgan fingerprint density at radius 3 is 1.47 bits per heavy atom. The van der Waals surface area contributed by atoms with Crippen LogP contribution in [-0.4, -0.2) is 0 Å². The Labute approximate surface area is 94.8 Å². The van der Waals surface area contributed by atoms with Crippen molar-refractivity contribution in [2.75, 3.05) is 0 Å². The number of hydrogen-bond donors (Lipinski definition) is 0. The molecule has 0 heteroatoms. The second-order valence-corrected chi connectivity index (χ2v) is 6.81. The average Bonchev–Trinajstić information content (AvgIpc) is 2.25. The van der Waals surface area contributed by atoms with Crippen molar-refractivity contribution < 1.29 is 0 Å². The van der Waals surface area contributed by atoms with E-state index in [0.717, 1.165) is 17.8 Å². The van der Waals surface area contributed by atoms with Crippen LogP contribution in [0.2, 0.25) is 0 Å². The molecule has 3 atom stereocenters. The van der Waals surface area contributed by atoms with E-state index in [1.165, 1.54) is 36.5 Å². The maximum absolute atomic E-state index is 2.38. The van der Waals surface area contributed by atoms with E-state index in [2.05, 4.69) is 20.8 Å². The molecule has 0 aliphatic heterocycles. The van der Waals surface area contributed by atoms with Gasteiger partial charge in [-0.1, -0.05) is 27.2 Å². The second-order valence-electron chi connectivity index (χ2n) is 6.81. The van der Waals surface area contributed by atoms with Crippen LogP contribution >= 0.6 is 0 Å². The van der Waals surface area contributed by atoms with E-state index in [1.54, 1.807) is 19.3 Å². The lowest BCUT2D eigenvalue weighted by atomic mass is 9.37. The SMILES string of the molecule is C1C2CC3CC1C23.CCC1CC(C)C1C. The lowest BCUT2D eigenvalue weighted by molar-refractivity contribution is -0.191. The average molecular weight is 206 g/mol. The molecule has 0 saturated heterocycles. The number of hydrogen-bond acceptors (Lipinski definition) is 0. The van der Waals surface area contributed by atoms with Crippen LogP contribution in [0.1, 0.15) is 52.9 Å². The summed E-state index contributed by atoms with van der Waals surface area (Å²) >= 11 is 0.